The lowest BCUT2D eigenvalue weighted by Crippen LogP contribution is -2.54. The summed E-state index contributed by atoms with van der Waals surface area (Å²) in [5.41, 5.74) is 0.648. The second-order valence-corrected chi connectivity index (χ2v) is 10.8. The molecule has 0 unspecified atom stereocenters. The lowest BCUT2D eigenvalue weighted by molar-refractivity contribution is 0.000427. The first-order valence-electron chi connectivity index (χ1n) is 13.1. The second-order valence-electron chi connectivity index (χ2n) is 10.8. The molecule has 2 amide bonds. The van der Waals surface area contributed by atoms with Crippen molar-refractivity contribution in [1.29, 1.82) is 0 Å². The highest BCUT2D eigenvalue weighted by molar-refractivity contribution is 6.05. The van der Waals surface area contributed by atoms with Crippen LogP contribution >= 0.6 is 0 Å². The molecular formula is C30H34F2N4O4. The van der Waals surface area contributed by atoms with E-state index in [4.69, 9.17) is 9.47 Å². The van der Waals surface area contributed by atoms with Gasteiger partial charge in [-0.3, -0.25) is 9.69 Å². The first-order chi connectivity index (χ1) is 18.9. The van der Waals surface area contributed by atoms with Gasteiger partial charge in [-0.15, -0.1) is 0 Å². The molecule has 1 fully saturated rings. The van der Waals surface area contributed by atoms with E-state index in [-0.39, 0.29) is 29.7 Å². The van der Waals surface area contributed by atoms with Crippen LogP contribution in [0.1, 0.15) is 43.6 Å². The Kier molecular flexibility index (Phi) is 8.68. The van der Waals surface area contributed by atoms with Crippen LogP contribution in [0.5, 0.6) is 11.6 Å². The van der Waals surface area contributed by atoms with Gasteiger partial charge in [-0.1, -0.05) is 6.07 Å². The Labute approximate surface area is 233 Å². The van der Waals surface area contributed by atoms with E-state index in [1.165, 1.54) is 47.5 Å². The third-order valence-corrected chi connectivity index (χ3v) is 6.48. The van der Waals surface area contributed by atoms with Crippen molar-refractivity contribution in [2.75, 3.05) is 31.6 Å². The van der Waals surface area contributed by atoms with Gasteiger partial charge in [0.15, 0.2) is 0 Å². The average Bonchev–Trinajstić information content (AvgIpc) is 2.90. The molecule has 10 heteroatoms. The van der Waals surface area contributed by atoms with E-state index < -0.39 is 11.4 Å². The van der Waals surface area contributed by atoms with Crippen LogP contribution in [0.15, 0.2) is 60.8 Å². The molecule has 0 radical (unpaired) electrons. The number of anilines is 1. The van der Waals surface area contributed by atoms with Crippen LogP contribution in [0.2, 0.25) is 0 Å². The summed E-state index contributed by atoms with van der Waals surface area (Å²) in [6.07, 6.45) is 1.04. The number of halogens is 2. The number of hydrogen-bond acceptors (Lipinski definition) is 6. The Hall–Kier alpha value is -4.05. The maximum Gasteiger partial charge on any atom is 0.410 e. The first-order valence-corrected chi connectivity index (χ1v) is 13.1. The summed E-state index contributed by atoms with van der Waals surface area (Å²) in [6.45, 7) is 9.52. The van der Waals surface area contributed by atoms with Gasteiger partial charge in [-0.25, -0.2) is 18.6 Å². The summed E-state index contributed by atoms with van der Waals surface area (Å²) >= 11 is 0. The van der Waals surface area contributed by atoms with Crippen molar-refractivity contribution >= 4 is 17.7 Å². The van der Waals surface area contributed by atoms with Crippen LogP contribution in [0.4, 0.5) is 19.3 Å². The fourth-order valence-electron chi connectivity index (χ4n) is 4.38. The molecule has 1 aromatic heterocycles. The number of carbonyl (C=O) groups excluding carboxylic acids is 2. The minimum atomic E-state index is -0.563. The van der Waals surface area contributed by atoms with Crippen molar-refractivity contribution in [2.45, 2.75) is 45.9 Å². The number of aromatic nitrogens is 1. The average molecular weight is 553 g/mol. The van der Waals surface area contributed by atoms with E-state index in [2.05, 4.69) is 9.88 Å². The molecule has 0 spiro atoms. The molecule has 212 valence electrons. The van der Waals surface area contributed by atoms with Gasteiger partial charge in [0.1, 0.15) is 23.0 Å². The van der Waals surface area contributed by atoms with Gasteiger partial charge < -0.3 is 19.3 Å². The SMILES string of the molecule is C[C@H]1CN(Cc2ccc(N(C)C(=O)c3ccc(Oc4ccc(F)cc4)nc3)cc2F)CCN1C(=O)OC(C)(C)C. The minimum Gasteiger partial charge on any atom is -0.444 e. The summed E-state index contributed by atoms with van der Waals surface area (Å²) < 4.78 is 39.2. The van der Waals surface area contributed by atoms with Crippen LogP contribution in [-0.4, -0.2) is 65.1 Å². The van der Waals surface area contributed by atoms with Gasteiger partial charge in [0.05, 0.1) is 5.56 Å². The van der Waals surface area contributed by atoms with Crippen LogP contribution in [0.25, 0.3) is 0 Å². The third-order valence-electron chi connectivity index (χ3n) is 6.48. The van der Waals surface area contributed by atoms with Crippen molar-refractivity contribution < 1.29 is 27.8 Å². The Morgan fingerprint density at radius 2 is 1.77 bits per heavy atom. The Bertz CT molecular complexity index is 1340. The molecule has 4 rings (SSSR count). The summed E-state index contributed by atoms with van der Waals surface area (Å²) in [5, 5.41) is 0. The number of amides is 2. The third kappa shape index (κ3) is 7.32. The van der Waals surface area contributed by atoms with Gasteiger partial charge >= 0.3 is 6.09 Å². The standard InChI is InChI=1S/C30H34F2N4O4/c1-20-18-35(14-15-36(20)29(38)40-30(2,3)4)19-22-6-10-24(16-26(22)32)34(5)28(37)21-7-13-27(33-17-21)39-25-11-8-23(31)9-12-25/h6-13,16-17,20H,14-15,18-19H2,1-5H3/t20-/m0/s1. The summed E-state index contributed by atoms with van der Waals surface area (Å²) in [7, 11) is 1.57. The van der Waals surface area contributed by atoms with Crippen LogP contribution in [0.3, 0.4) is 0 Å². The Morgan fingerprint density at radius 3 is 2.38 bits per heavy atom. The lowest BCUT2D eigenvalue weighted by Gasteiger charge is -2.40. The topological polar surface area (TPSA) is 75.2 Å². The zero-order valence-electron chi connectivity index (χ0n) is 23.4. The predicted molar refractivity (Wildman–Crippen MR) is 148 cm³/mol. The molecular weight excluding hydrogens is 518 g/mol. The summed E-state index contributed by atoms with van der Waals surface area (Å²) in [4.78, 5) is 34.8. The zero-order chi connectivity index (χ0) is 29.0. The smallest absolute Gasteiger partial charge is 0.410 e. The summed E-state index contributed by atoms with van der Waals surface area (Å²) in [6, 6.07) is 13.3. The maximum absolute atomic E-state index is 15.1. The first kappa shape index (κ1) is 28.9. The molecule has 8 nitrogen and oxygen atoms in total. The zero-order valence-corrected chi connectivity index (χ0v) is 23.4. The quantitative estimate of drug-likeness (QED) is 0.381. The van der Waals surface area contributed by atoms with Crippen molar-refractivity contribution in [3.8, 4) is 11.6 Å². The van der Waals surface area contributed by atoms with E-state index in [1.54, 1.807) is 30.1 Å². The second kappa shape index (κ2) is 12.0. The van der Waals surface area contributed by atoms with Gasteiger partial charge in [0, 0.05) is 62.8 Å². The number of nitrogens with zero attached hydrogens (tertiary/aromatic N) is 4. The van der Waals surface area contributed by atoms with Gasteiger partial charge in [-0.2, -0.15) is 0 Å². The number of ether oxygens (including phenoxy) is 2. The molecule has 3 aromatic rings. The van der Waals surface area contributed by atoms with E-state index in [1.807, 2.05) is 27.7 Å². The van der Waals surface area contributed by atoms with Crippen molar-refractivity contribution in [3.63, 3.8) is 0 Å². The maximum atomic E-state index is 15.1. The van der Waals surface area contributed by atoms with E-state index in [9.17, 15) is 14.0 Å². The van der Waals surface area contributed by atoms with Gasteiger partial charge in [0.2, 0.25) is 5.88 Å². The molecule has 2 aromatic carbocycles. The molecule has 2 heterocycles. The predicted octanol–water partition coefficient (Wildman–Crippen LogP) is 5.87. The molecule has 1 aliphatic heterocycles. The van der Waals surface area contributed by atoms with E-state index in [0.29, 0.717) is 48.7 Å². The highest BCUT2D eigenvalue weighted by Gasteiger charge is 2.31. The number of pyridine rings is 1. The fourth-order valence-corrected chi connectivity index (χ4v) is 4.38. The number of hydrogen-bond donors (Lipinski definition) is 0. The van der Waals surface area contributed by atoms with Crippen molar-refractivity contribution in [1.82, 2.24) is 14.8 Å². The van der Waals surface area contributed by atoms with E-state index in [0.717, 1.165) is 0 Å². The Balaban J connectivity index is 1.35. The molecule has 0 bridgehead atoms. The molecule has 0 N–H and O–H groups in total. The van der Waals surface area contributed by atoms with Crippen molar-refractivity contribution in [3.05, 3.63) is 83.6 Å². The number of benzene rings is 2. The normalized spacial score (nSPS) is 16.0. The molecule has 1 saturated heterocycles. The minimum absolute atomic E-state index is 0.0734. The largest absolute Gasteiger partial charge is 0.444 e. The summed E-state index contributed by atoms with van der Waals surface area (Å²) in [5.74, 6) is -0.482. The van der Waals surface area contributed by atoms with Crippen LogP contribution < -0.4 is 9.64 Å². The lowest BCUT2D eigenvalue weighted by atomic mass is 10.1. The Morgan fingerprint density at radius 1 is 1.05 bits per heavy atom. The molecule has 0 aliphatic carbocycles. The highest BCUT2D eigenvalue weighted by Crippen LogP contribution is 2.24. The fraction of sp³-hybridized carbons (Fsp3) is 0.367. The number of rotatable bonds is 6. The number of carbonyl (C=O) groups is 2. The molecule has 1 atom stereocenters. The molecule has 40 heavy (non-hydrogen) atoms. The van der Waals surface area contributed by atoms with Crippen molar-refractivity contribution in [2.24, 2.45) is 0 Å². The molecule has 0 saturated carbocycles. The monoisotopic (exact) mass is 552 g/mol. The van der Waals surface area contributed by atoms with Crippen LogP contribution in [0, 0.1) is 11.6 Å². The highest BCUT2D eigenvalue weighted by atomic mass is 19.1. The van der Waals surface area contributed by atoms with Gasteiger partial charge in [0.25, 0.3) is 5.91 Å². The number of piperazine rings is 1. The van der Waals surface area contributed by atoms with E-state index >= 15 is 4.39 Å². The van der Waals surface area contributed by atoms with Gasteiger partial charge in [-0.05, 0) is 70.2 Å². The molecule has 1 aliphatic rings. The van der Waals surface area contributed by atoms with Crippen LogP contribution in [-0.2, 0) is 11.3 Å².